The van der Waals surface area contributed by atoms with Gasteiger partial charge in [0.05, 0.1) is 12.5 Å². The predicted octanol–water partition coefficient (Wildman–Crippen LogP) is 0.0926. The van der Waals surface area contributed by atoms with Crippen molar-refractivity contribution in [2.45, 2.75) is 44.9 Å². The Hall–Kier alpha value is -1.63. The number of likely N-dealkylation sites (tertiary alicyclic amines) is 2. The molecule has 1 atom stereocenters. The molecule has 0 aromatic rings. The Morgan fingerprint density at radius 2 is 1.92 bits per heavy atom. The van der Waals surface area contributed by atoms with Gasteiger partial charge in [0.25, 0.3) is 0 Å². The van der Waals surface area contributed by atoms with Crippen molar-refractivity contribution >= 4 is 17.7 Å². The van der Waals surface area contributed by atoms with Crippen molar-refractivity contribution in [1.82, 2.24) is 15.1 Å². The molecule has 0 radical (unpaired) electrons. The van der Waals surface area contributed by atoms with Crippen molar-refractivity contribution in [3.8, 4) is 0 Å². The van der Waals surface area contributed by atoms with Gasteiger partial charge in [-0.25, -0.2) is 0 Å². The van der Waals surface area contributed by atoms with Crippen LogP contribution in [0.4, 0.5) is 0 Å². The van der Waals surface area contributed by atoms with Crippen molar-refractivity contribution in [2.24, 2.45) is 11.7 Å². The lowest BCUT2D eigenvalue weighted by molar-refractivity contribution is -0.143. The van der Waals surface area contributed by atoms with Crippen LogP contribution in [0.25, 0.3) is 0 Å². The van der Waals surface area contributed by atoms with Crippen molar-refractivity contribution in [3.05, 3.63) is 0 Å². The number of nitrogens with two attached hydrogens (primary N) is 1. The highest BCUT2D eigenvalue weighted by Gasteiger charge is 2.29. The number of nitrogens with one attached hydrogen (secondary N) is 1. The van der Waals surface area contributed by atoms with E-state index in [9.17, 15) is 14.4 Å². The average Bonchev–Trinajstić information content (AvgIpc) is 2.59. The van der Waals surface area contributed by atoms with Crippen LogP contribution in [-0.4, -0.2) is 66.8 Å². The van der Waals surface area contributed by atoms with E-state index in [0.717, 1.165) is 38.5 Å². The number of amides is 3. The van der Waals surface area contributed by atoms with E-state index in [4.69, 9.17) is 5.73 Å². The molecule has 136 valence electrons. The van der Waals surface area contributed by atoms with Gasteiger partial charge in [-0.15, -0.1) is 0 Å². The minimum absolute atomic E-state index is 0.0275. The predicted molar refractivity (Wildman–Crippen MR) is 91.0 cm³/mol. The first-order valence-corrected chi connectivity index (χ1v) is 9.15. The summed E-state index contributed by atoms with van der Waals surface area (Å²) in [5.41, 5.74) is 5.41. The standard InChI is InChI=1S/C17H30N4O3/c18-8-9-19-17(24)14-6-5-11-20(12-14)16(23)13-21-10-4-2-1-3-7-15(21)22/h14H,1-13,18H2,(H,19,24). The third-order valence-electron chi connectivity index (χ3n) is 4.84. The topological polar surface area (TPSA) is 95.7 Å². The van der Waals surface area contributed by atoms with Crippen LogP contribution >= 0.6 is 0 Å². The molecule has 2 aliphatic heterocycles. The van der Waals surface area contributed by atoms with E-state index in [-0.39, 0.29) is 30.2 Å². The monoisotopic (exact) mass is 338 g/mol. The van der Waals surface area contributed by atoms with E-state index in [1.165, 1.54) is 0 Å². The van der Waals surface area contributed by atoms with E-state index >= 15 is 0 Å². The third-order valence-corrected chi connectivity index (χ3v) is 4.84. The van der Waals surface area contributed by atoms with Gasteiger partial charge in [-0.2, -0.15) is 0 Å². The van der Waals surface area contributed by atoms with Gasteiger partial charge in [-0.1, -0.05) is 12.8 Å². The number of hydrogen-bond acceptors (Lipinski definition) is 4. The normalized spacial score (nSPS) is 22.7. The zero-order valence-electron chi connectivity index (χ0n) is 14.5. The van der Waals surface area contributed by atoms with Gasteiger partial charge in [0.1, 0.15) is 0 Å². The van der Waals surface area contributed by atoms with E-state index in [2.05, 4.69) is 5.32 Å². The molecule has 0 aliphatic carbocycles. The maximum atomic E-state index is 12.6. The molecule has 7 nitrogen and oxygen atoms in total. The summed E-state index contributed by atoms with van der Waals surface area (Å²) in [4.78, 5) is 40.2. The van der Waals surface area contributed by atoms with Crippen LogP contribution in [0.3, 0.4) is 0 Å². The quantitative estimate of drug-likeness (QED) is 0.743. The van der Waals surface area contributed by atoms with E-state index in [1.54, 1.807) is 9.80 Å². The molecule has 24 heavy (non-hydrogen) atoms. The van der Waals surface area contributed by atoms with Crippen molar-refractivity contribution in [1.29, 1.82) is 0 Å². The molecule has 0 spiro atoms. The van der Waals surface area contributed by atoms with Crippen LogP contribution in [0.1, 0.15) is 44.9 Å². The number of carbonyl (C=O) groups excluding carboxylic acids is 3. The second-order valence-corrected chi connectivity index (χ2v) is 6.74. The van der Waals surface area contributed by atoms with Gasteiger partial charge in [0.15, 0.2) is 0 Å². The number of nitrogens with zero attached hydrogens (tertiary/aromatic N) is 2. The van der Waals surface area contributed by atoms with Crippen LogP contribution in [0, 0.1) is 5.92 Å². The molecule has 2 saturated heterocycles. The highest BCUT2D eigenvalue weighted by molar-refractivity contribution is 5.86. The lowest BCUT2D eigenvalue weighted by Gasteiger charge is -2.34. The zero-order valence-corrected chi connectivity index (χ0v) is 14.5. The van der Waals surface area contributed by atoms with Crippen LogP contribution in [-0.2, 0) is 14.4 Å². The largest absolute Gasteiger partial charge is 0.355 e. The van der Waals surface area contributed by atoms with E-state index in [1.807, 2.05) is 0 Å². The van der Waals surface area contributed by atoms with Crippen molar-refractivity contribution in [2.75, 3.05) is 39.3 Å². The summed E-state index contributed by atoms with van der Waals surface area (Å²) < 4.78 is 0. The van der Waals surface area contributed by atoms with Crippen LogP contribution in [0.2, 0.25) is 0 Å². The summed E-state index contributed by atoms with van der Waals surface area (Å²) in [6.07, 6.45) is 6.24. The van der Waals surface area contributed by atoms with Crippen LogP contribution < -0.4 is 11.1 Å². The Bertz CT molecular complexity index is 455. The fraction of sp³-hybridized carbons (Fsp3) is 0.824. The first-order valence-electron chi connectivity index (χ1n) is 9.15. The molecule has 0 aromatic carbocycles. The van der Waals surface area contributed by atoms with Gasteiger partial charge >= 0.3 is 0 Å². The molecule has 2 heterocycles. The first kappa shape index (κ1) is 18.7. The molecule has 2 rings (SSSR count). The van der Waals surface area contributed by atoms with Gasteiger partial charge in [-0.05, 0) is 25.7 Å². The first-order chi connectivity index (χ1) is 11.6. The van der Waals surface area contributed by atoms with E-state index < -0.39 is 0 Å². The summed E-state index contributed by atoms with van der Waals surface area (Å²) >= 11 is 0. The van der Waals surface area contributed by atoms with Gasteiger partial charge in [0, 0.05) is 39.1 Å². The molecule has 2 fully saturated rings. The van der Waals surface area contributed by atoms with Crippen molar-refractivity contribution in [3.63, 3.8) is 0 Å². The molecule has 0 bridgehead atoms. The van der Waals surface area contributed by atoms with Gasteiger partial charge in [-0.3, -0.25) is 14.4 Å². The molecule has 2 aliphatic rings. The molecule has 0 aromatic heterocycles. The second kappa shape index (κ2) is 9.61. The second-order valence-electron chi connectivity index (χ2n) is 6.74. The fourth-order valence-electron chi connectivity index (χ4n) is 3.40. The summed E-state index contributed by atoms with van der Waals surface area (Å²) in [5, 5.41) is 2.80. The minimum atomic E-state index is -0.169. The molecule has 0 saturated carbocycles. The Balaban J connectivity index is 1.86. The molecule has 1 unspecified atom stereocenters. The Morgan fingerprint density at radius 3 is 2.71 bits per heavy atom. The lowest BCUT2D eigenvalue weighted by atomic mass is 9.97. The van der Waals surface area contributed by atoms with Gasteiger partial charge in [0.2, 0.25) is 17.7 Å². The smallest absolute Gasteiger partial charge is 0.242 e. The minimum Gasteiger partial charge on any atom is -0.355 e. The zero-order chi connectivity index (χ0) is 17.4. The fourth-order valence-corrected chi connectivity index (χ4v) is 3.40. The van der Waals surface area contributed by atoms with Gasteiger partial charge < -0.3 is 20.9 Å². The Kier molecular flexibility index (Phi) is 7.49. The average molecular weight is 338 g/mol. The Labute approximate surface area is 143 Å². The number of hydrogen-bond donors (Lipinski definition) is 2. The molecule has 3 amide bonds. The molecule has 3 N–H and O–H groups in total. The third kappa shape index (κ3) is 5.47. The van der Waals surface area contributed by atoms with Crippen LogP contribution in [0.15, 0.2) is 0 Å². The van der Waals surface area contributed by atoms with E-state index in [0.29, 0.717) is 39.1 Å². The number of carbonyl (C=O) groups is 3. The number of piperidine rings is 1. The maximum absolute atomic E-state index is 12.6. The molecule has 7 heteroatoms. The van der Waals surface area contributed by atoms with Crippen molar-refractivity contribution < 1.29 is 14.4 Å². The highest BCUT2D eigenvalue weighted by atomic mass is 16.2. The Morgan fingerprint density at radius 1 is 1.12 bits per heavy atom. The van der Waals surface area contributed by atoms with Crippen LogP contribution in [0.5, 0.6) is 0 Å². The maximum Gasteiger partial charge on any atom is 0.242 e. The summed E-state index contributed by atoms with van der Waals surface area (Å²) in [6, 6.07) is 0. The summed E-state index contributed by atoms with van der Waals surface area (Å²) in [6.45, 7) is 2.80. The summed E-state index contributed by atoms with van der Waals surface area (Å²) in [5.74, 6) is -0.157. The lowest BCUT2D eigenvalue weighted by Crippen LogP contribution is -2.49. The summed E-state index contributed by atoms with van der Waals surface area (Å²) in [7, 11) is 0. The number of rotatable bonds is 5. The molecular weight excluding hydrogens is 308 g/mol. The molecular formula is C17H30N4O3. The highest BCUT2D eigenvalue weighted by Crippen LogP contribution is 2.18. The SMILES string of the molecule is NCCNC(=O)C1CCCN(C(=O)CN2CCCCCCC2=O)C1.